The number of carbonyl (C=O) groups is 6. The van der Waals surface area contributed by atoms with E-state index in [1.54, 1.807) is 48.5 Å². The molecule has 27 atom stereocenters. The molecule has 0 radical (unpaired) electrons. The highest BCUT2D eigenvalue weighted by atomic mass is 16.7. The van der Waals surface area contributed by atoms with Crippen molar-refractivity contribution in [1.29, 1.82) is 0 Å². The van der Waals surface area contributed by atoms with Crippen molar-refractivity contribution in [2.24, 2.45) is 58.4 Å². The number of hydrogen-bond acceptors (Lipinski definition) is 29. The van der Waals surface area contributed by atoms with Crippen LogP contribution in [-0.2, 0) is 81.1 Å². The SMILES string of the molecule is C.C#CCCN(C)[C@H]1C[C@@H](C)OC(O[C@@H]2[C@@H](C)C(=O)[C@@H](C)C(=O)OC(CC)[C@@](C)(O)[C@H](O)[C@@H](C)C(=O)[C@H](C)C[C@@]2(C)OC)[C@@H]1OC(C)=O.C#CCCN(C)[C@H]1C[C@@H](C)OC(O[C@@H]2[C@@H](C)C(=O)[C@@H](C)C(=O)O[C@H](CC)[C@@](C)(O)[C@H](O)[C@@H](C)/C(=N/O[C@H](C)CCN(C)C)[C@H](C)C[C@@]2(C)OC)[C@@H]1O.CN(C)CCCON.CO. The van der Waals surface area contributed by atoms with Crippen molar-refractivity contribution in [3.05, 3.63) is 0 Å². The molecule has 4 heterocycles. The fourth-order valence-corrected chi connectivity index (χ4v) is 15.1. The number of nitrogens with zero attached hydrogens (tertiary/aromatic N) is 5. The number of aliphatic hydroxyl groups excluding tert-OH is 4. The molecule has 4 saturated heterocycles. The van der Waals surface area contributed by atoms with Crippen molar-refractivity contribution in [3.8, 4) is 24.7 Å². The minimum absolute atomic E-state index is 0. The van der Waals surface area contributed by atoms with Crippen LogP contribution in [0.15, 0.2) is 5.16 Å². The van der Waals surface area contributed by atoms with Gasteiger partial charge in [-0.05, 0) is 163 Å². The van der Waals surface area contributed by atoms with E-state index in [1.165, 1.54) is 55.8 Å². The summed E-state index contributed by atoms with van der Waals surface area (Å²) in [4.78, 5) is 99.8. The second-order valence-electron chi connectivity index (χ2n) is 31.9. The summed E-state index contributed by atoms with van der Waals surface area (Å²) in [6, 6.07) is -0.672. The average Bonchev–Trinajstić information content (AvgIpc) is 0.779. The number of carbonyl (C=O) groups excluding carboxylic acids is 6. The lowest BCUT2D eigenvalue weighted by atomic mass is 9.74. The highest BCUT2D eigenvalue weighted by Gasteiger charge is 2.55. The number of methoxy groups -OCH3 is 2. The van der Waals surface area contributed by atoms with Crippen LogP contribution in [0, 0.1) is 72.0 Å². The van der Waals surface area contributed by atoms with Crippen molar-refractivity contribution < 1.29 is 112 Å². The predicted octanol–water partition coefficient (Wildman–Crippen LogP) is 6.02. The Balaban J connectivity index is 0.00000191. The number of aliphatic hydroxyl groups is 6. The maximum absolute atomic E-state index is 14.2. The van der Waals surface area contributed by atoms with Gasteiger partial charge < -0.3 is 92.7 Å². The van der Waals surface area contributed by atoms with Gasteiger partial charge in [0, 0.05) is 102 Å². The van der Waals surface area contributed by atoms with Crippen LogP contribution in [0.2, 0.25) is 0 Å². The van der Waals surface area contributed by atoms with E-state index in [0.29, 0.717) is 57.5 Å². The van der Waals surface area contributed by atoms with Gasteiger partial charge in [-0.25, -0.2) is 5.90 Å². The third-order valence-electron chi connectivity index (χ3n) is 22.1. The summed E-state index contributed by atoms with van der Waals surface area (Å²) >= 11 is 0. The summed E-state index contributed by atoms with van der Waals surface area (Å²) in [5.41, 5.74) is -5.97. The number of rotatable bonds is 24. The zero-order valence-corrected chi connectivity index (χ0v) is 71.0. The van der Waals surface area contributed by atoms with Crippen LogP contribution in [0.3, 0.4) is 0 Å². The first-order valence-corrected chi connectivity index (χ1v) is 38.7. The summed E-state index contributed by atoms with van der Waals surface area (Å²) in [5.74, 6) is -1.02. The number of nitrogens with two attached hydrogens (primary N) is 1. The number of terminal acetylenes is 2. The Morgan fingerprint density at radius 2 is 1.04 bits per heavy atom. The third-order valence-corrected chi connectivity index (χ3v) is 22.1. The Labute approximate surface area is 659 Å². The van der Waals surface area contributed by atoms with Crippen LogP contribution in [-0.4, -0.2) is 302 Å². The molecule has 4 aliphatic rings. The first kappa shape index (κ1) is 105. The van der Waals surface area contributed by atoms with Crippen LogP contribution < -0.4 is 5.90 Å². The van der Waals surface area contributed by atoms with E-state index in [-0.39, 0.29) is 69.3 Å². The van der Waals surface area contributed by atoms with Crippen LogP contribution in [0.1, 0.15) is 196 Å². The molecule has 0 saturated carbocycles. The molecule has 4 aliphatic heterocycles. The van der Waals surface area contributed by atoms with Crippen molar-refractivity contribution in [2.45, 2.75) is 310 Å². The van der Waals surface area contributed by atoms with Crippen molar-refractivity contribution >= 4 is 41.0 Å². The van der Waals surface area contributed by atoms with Gasteiger partial charge in [-0.15, -0.1) is 24.7 Å². The fraction of sp³-hybridized carbons (Fsp3) is 0.864. The Morgan fingerprint density at radius 1 is 0.627 bits per heavy atom. The maximum atomic E-state index is 14.2. The Hall–Kier alpha value is -4.71. The first-order chi connectivity index (χ1) is 50.7. The number of Topliss-reactive ketones (excluding diaryl/α,β-unsaturated/α-hetero) is 3. The van der Waals surface area contributed by atoms with Crippen LogP contribution in [0.4, 0.5) is 0 Å². The quantitative estimate of drug-likeness (QED) is 0.0145. The van der Waals surface area contributed by atoms with E-state index in [4.69, 9.17) is 71.3 Å². The predicted molar refractivity (Wildman–Crippen MR) is 420 cm³/mol. The van der Waals surface area contributed by atoms with Crippen LogP contribution in [0.5, 0.6) is 0 Å². The number of hydrogen-bond donors (Lipinski definition) is 7. The maximum Gasteiger partial charge on any atom is 0.316 e. The topological polar surface area (TPSA) is 377 Å². The summed E-state index contributed by atoms with van der Waals surface area (Å²) in [5, 5.41) is 69.3. The summed E-state index contributed by atoms with van der Waals surface area (Å²) in [6.45, 7) is 33.2. The van der Waals surface area contributed by atoms with Gasteiger partial charge in [0.05, 0.1) is 66.2 Å². The van der Waals surface area contributed by atoms with Crippen molar-refractivity contribution in [3.63, 3.8) is 0 Å². The van der Waals surface area contributed by atoms with Gasteiger partial charge in [-0.3, -0.25) is 38.6 Å². The Kier molecular flexibility index (Phi) is 47.2. The van der Waals surface area contributed by atoms with E-state index in [2.05, 4.69) is 26.7 Å². The smallest absolute Gasteiger partial charge is 0.316 e. The van der Waals surface area contributed by atoms with E-state index >= 15 is 0 Å². The van der Waals surface area contributed by atoms with Gasteiger partial charge in [0.25, 0.3) is 0 Å². The second-order valence-corrected chi connectivity index (χ2v) is 31.9. The fourth-order valence-electron chi connectivity index (χ4n) is 15.1. The average molecular weight is 1570 g/mol. The van der Waals surface area contributed by atoms with Crippen LogP contribution in [0.25, 0.3) is 0 Å². The zero-order chi connectivity index (χ0) is 84.1. The number of esters is 3. The number of likely N-dealkylation sites (N-methyl/N-ethyl adjacent to an activating group) is 2. The van der Waals surface area contributed by atoms with Gasteiger partial charge in [-0.2, -0.15) is 0 Å². The summed E-state index contributed by atoms with van der Waals surface area (Å²) in [7, 11) is 15.7. The molecule has 4 fully saturated rings. The molecular formula is C81H148N6O23. The molecule has 0 bridgehead atoms. The molecule has 29 nitrogen and oxygen atoms in total. The Morgan fingerprint density at radius 3 is 1.45 bits per heavy atom. The van der Waals surface area contributed by atoms with E-state index in [0.717, 1.165) is 26.6 Å². The zero-order valence-electron chi connectivity index (χ0n) is 71.0. The lowest BCUT2D eigenvalue weighted by molar-refractivity contribution is -0.298. The molecule has 0 aromatic rings. The number of ether oxygens (including phenoxy) is 9. The molecule has 0 aliphatic carbocycles. The second kappa shape index (κ2) is 49.3. The molecule has 0 amide bonds. The van der Waals surface area contributed by atoms with Gasteiger partial charge in [0.2, 0.25) is 0 Å². The number of cyclic esters (lactones) is 2. The normalized spacial score (nSPS) is 37.3. The molecule has 640 valence electrons. The van der Waals surface area contributed by atoms with Gasteiger partial charge in [-0.1, -0.05) is 68.0 Å². The van der Waals surface area contributed by atoms with Gasteiger partial charge in [0.1, 0.15) is 53.2 Å². The van der Waals surface area contributed by atoms with E-state index in [1.807, 2.05) is 91.6 Å². The molecule has 29 heteroatoms. The molecule has 110 heavy (non-hydrogen) atoms. The molecule has 0 aromatic heterocycles. The highest BCUT2D eigenvalue weighted by Crippen LogP contribution is 2.42. The monoisotopic (exact) mass is 1570 g/mol. The Bertz CT molecular complexity index is 2870. The van der Waals surface area contributed by atoms with E-state index in [9.17, 15) is 54.3 Å². The number of oxime groups is 1. The lowest BCUT2D eigenvalue weighted by Gasteiger charge is -2.48. The standard InChI is InChI=1S/C39H69N3O10.C35H57NO11.C5H14N2O.CH4O.CH4/c1-15-17-19-42(13)29-21-25(5)49-37(33(29)44)51-35-27(7)32(43)28(8)36(46)50-30(16-2)39(10,47)34(45)26(6)31(23(3)22-38(35,9)48-14)40-52-24(4)18-20-41(11)12;1-13-15-16-36(11)25-17-20(4)44-33(29(25)45-24(8)37)47-31-22(6)28(39)23(7)32(41)46-26(14-2)35(10,42)30(40)21(5)27(38)19(3)18-34(31,9)43-12;1-7(2)4-3-5-8-6;1-2;/h1,23-30,33-35,37,44-45,47H,16-22H2,2-14H3;1,19-23,25-26,29-31,33,40,42H,14-18H2,2-12H3;3-6H2,1-2H3;2H,1H3;1H4/b40-31+;;;;/t23-,24-,25-,26+,27+,28-,29+,30-,33-,34-,35-,37?,38-,39-;19-,20-,21+,22+,23-,25+,26?,29-,30-,31-,33?,34-,35-;;;/m11.../s1. The number of ketones is 3. The first-order valence-electron chi connectivity index (χ1n) is 38.7. The van der Waals surface area contributed by atoms with Crippen molar-refractivity contribution in [1.82, 2.24) is 19.6 Å². The third kappa shape index (κ3) is 29.8. The minimum atomic E-state index is -1.97. The molecule has 8 N–H and O–H groups in total. The molecule has 0 aromatic carbocycles. The molecule has 0 spiro atoms. The van der Waals surface area contributed by atoms with Gasteiger partial charge in [0.15, 0.2) is 30.3 Å². The molecule has 3 unspecified atom stereocenters. The van der Waals surface area contributed by atoms with Crippen molar-refractivity contribution in [2.75, 3.05) is 96.4 Å². The molecule has 4 rings (SSSR count). The summed E-state index contributed by atoms with van der Waals surface area (Å²) < 4.78 is 55.3. The largest absolute Gasteiger partial charge is 0.459 e. The van der Waals surface area contributed by atoms with Crippen LogP contribution >= 0.6 is 0 Å². The highest BCUT2D eigenvalue weighted by molar-refractivity contribution is 6.01. The minimum Gasteiger partial charge on any atom is -0.459 e. The lowest BCUT2D eigenvalue weighted by Crippen LogP contribution is -2.61. The van der Waals surface area contributed by atoms with E-state index < -0.39 is 161 Å². The van der Waals surface area contributed by atoms with Gasteiger partial charge >= 0.3 is 17.9 Å². The summed E-state index contributed by atoms with van der Waals surface area (Å²) in [6.07, 6.45) is 2.70. The molecular weight excluding hydrogens is 1420 g/mol.